The Morgan fingerprint density at radius 3 is 2.24 bits per heavy atom. The average Bonchev–Trinajstić information content (AvgIpc) is 3.08. The Morgan fingerprint density at radius 1 is 0.980 bits per heavy atom. The van der Waals surface area contributed by atoms with Crippen LogP contribution in [-0.4, -0.2) is 91.8 Å². The number of aromatic hydroxyl groups is 1. The van der Waals surface area contributed by atoms with Crippen molar-refractivity contribution in [3.8, 4) is 22.7 Å². The molecule has 0 aliphatic carbocycles. The fraction of sp³-hybridized carbons (Fsp3) is 0.444. The number of halogens is 2. The van der Waals surface area contributed by atoms with E-state index in [9.17, 15) is 14.7 Å². The molecule has 2 N–H and O–H groups in total. The maximum absolute atomic E-state index is 16.2. The molecule has 3 aromatic heterocycles. The fourth-order valence-electron chi connectivity index (χ4n) is 6.81. The molecule has 2 fully saturated rings. The third-order valence-electron chi connectivity index (χ3n) is 9.39. The Hall–Kier alpha value is -4.98. The van der Waals surface area contributed by atoms with Crippen LogP contribution in [0.15, 0.2) is 41.7 Å². The number of nitrogens with zero attached hydrogens (tertiary/aromatic N) is 8. The summed E-state index contributed by atoms with van der Waals surface area (Å²) in [5.74, 6) is -2.14. The molecule has 0 spiro atoms. The van der Waals surface area contributed by atoms with Gasteiger partial charge in [-0.3, -0.25) is 4.79 Å². The number of benzene rings is 1. The first kappa shape index (κ1) is 34.9. The van der Waals surface area contributed by atoms with Crippen LogP contribution in [0.2, 0.25) is 0 Å². The van der Waals surface area contributed by atoms with Crippen molar-refractivity contribution in [3.05, 3.63) is 70.4 Å². The number of pyridine rings is 1. The highest BCUT2D eigenvalue weighted by Gasteiger charge is 2.35. The van der Waals surface area contributed by atoms with Crippen LogP contribution in [0.4, 0.5) is 20.5 Å². The van der Waals surface area contributed by atoms with Crippen LogP contribution < -0.4 is 20.8 Å². The minimum Gasteiger partial charge on any atom is -0.507 e. The summed E-state index contributed by atoms with van der Waals surface area (Å²) in [6.07, 6.45) is 1.26. The summed E-state index contributed by atoms with van der Waals surface area (Å²) in [5.41, 5.74) is -0.0511. The van der Waals surface area contributed by atoms with Gasteiger partial charge in [0.05, 0.1) is 28.0 Å². The first-order chi connectivity index (χ1) is 23.8. The van der Waals surface area contributed by atoms with E-state index in [1.54, 1.807) is 4.90 Å². The number of fused-ring (bicyclic) bond motifs is 1. The summed E-state index contributed by atoms with van der Waals surface area (Å²) in [6, 6.07) is 4.24. The quantitative estimate of drug-likeness (QED) is 0.268. The molecule has 0 bridgehead atoms. The number of anilines is 2. The van der Waals surface area contributed by atoms with Crippen molar-refractivity contribution < 1.29 is 18.7 Å². The number of amides is 1. The molecule has 0 radical (unpaired) electrons. The van der Waals surface area contributed by atoms with E-state index in [4.69, 9.17) is 9.97 Å². The van der Waals surface area contributed by atoms with E-state index < -0.39 is 34.3 Å². The third-order valence-corrected chi connectivity index (χ3v) is 9.39. The molecule has 1 aromatic carbocycles. The van der Waals surface area contributed by atoms with Crippen LogP contribution >= 0.6 is 0 Å². The second-order valence-corrected chi connectivity index (χ2v) is 13.6. The lowest BCUT2D eigenvalue weighted by Crippen LogP contribution is -2.58. The minimum atomic E-state index is -0.911. The number of hydrogen-bond acceptors (Lipinski definition) is 10. The number of phenols is 1. The third kappa shape index (κ3) is 6.16. The molecular weight excluding hydrogens is 644 g/mol. The van der Waals surface area contributed by atoms with E-state index in [0.29, 0.717) is 49.2 Å². The lowest BCUT2D eigenvalue weighted by atomic mass is 10.0. The predicted octanol–water partition coefficient (Wildman–Crippen LogP) is 4.49. The van der Waals surface area contributed by atoms with Gasteiger partial charge in [-0.2, -0.15) is 4.98 Å². The van der Waals surface area contributed by atoms with E-state index in [1.165, 1.54) is 28.8 Å². The first-order valence-corrected chi connectivity index (χ1v) is 17.0. The standard InChI is InChI=1S/C36H43F2N9O3/c1-8-27(49)45-17-22(7)46(18-21(45)6)33-23-16-25(38)31(28-24(37)10-9-11-26(28)48)40-34(23)47(36(50)43-33)32-29(19(2)3)41-35(42-30(32)20(4)5)44-14-12-39-13-15-44/h8-11,16,19-22,39,48H,1,12-15,17-18H2,2-7H3/t21-,22+/m1/s1. The van der Waals surface area contributed by atoms with E-state index in [1.807, 2.05) is 46.4 Å². The van der Waals surface area contributed by atoms with Crippen molar-refractivity contribution in [3.63, 3.8) is 0 Å². The molecule has 2 aliphatic rings. The van der Waals surface area contributed by atoms with Gasteiger partial charge in [0.1, 0.15) is 23.1 Å². The topological polar surface area (TPSA) is 133 Å². The zero-order valence-electron chi connectivity index (χ0n) is 29.2. The molecule has 4 aromatic rings. The SMILES string of the molecule is C=CC(=O)N1C[C@H](C)N(c2nc(=O)n(-c3c(C(C)C)nc(N4CCNCC4)nc3C(C)C)c3nc(-c4c(O)cccc4F)c(F)cc23)C[C@H]1C. The summed E-state index contributed by atoms with van der Waals surface area (Å²) < 4.78 is 32.8. The number of rotatable bonds is 7. The Balaban J connectivity index is 1.67. The van der Waals surface area contributed by atoms with Crippen LogP contribution in [0.3, 0.4) is 0 Å². The molecular formula is C36H43F2N9O3. The van der Waals surface area contributed by atoms with Crippen molar-refractivity contribution >= 4 is 28.7 Å². The van der Waals surface area contributed by atoms with Gasteiger partial charge in [-0.05, 0) is 50.0 Å². The summed E-state index contributed by atoms with van der Waals surface area (Å²) >= 11 is 0. The zero-order chi connectivity index (χ0) is 36.0. The van der Waals surface area contributed by atoms with Gasteiger partial charge in [0, 0.05) is 51.4 Å². The number of carbonyl (C=O) groups excluding carboxylic acids is 1. The number of aromatic nitrogens is 5. The number of phenolic OH excluding ortho intramolecular Hbond substituents is 1. The number of hydrogen-bond donors (Lipinski definition) is 2. The molecule has 6 rings (SSSR count). The van der Waals surface area contributed by atoms with Crippen LogP contribution in [0.1, 0.15) is 64.8 Å². The summed E-state index contributed by atoms with van der Waals surface area (Å²) in [7, 11) is 0. The van der Waals surface area contributed by atoms with Crippen LogP contribution in [0.25, 0.3) is 28.0 Å². The summed E-state index contributed by atoms with van der Waals surface area (Å²) in [6.45, 7) is 18.8. The number of carbonyl (C=O) groups is 1. The van der Waals surface area contributed by atoms with Gasteiger partial charge in [-0.1, -0.05) is 40.3 Å². The normalized spacial score (nSPS) is 18.4. The number of piperazine rings is 2. The van der Waals surface area contributed by atoms with Gasteiger partial charge in [0.25, 0.3) is 0 Å². The molecule has 5 heterocycles. The molecule has 2 atom stereocenters. The average molecular weight is 688 g/mol. The largest absolute Gasteiger partial charge is 0.507 e. The molecule has 264 valence electrons. The van der Waals surface area contributed by atoms with Gasteiger partial charge in [-0.15, -0.1) is 0 Å². The molecule has 0 unspecified atom stereocenters. The molecule has 50 heavy (non-hydrogen) atoms. The van der Waals surface area contributed by atoms with E-state index in [2.05, 4.69) is 26.8 Å². The smallest absolute Gasteiger partial charge is 0.355 e. The van der Waals surface area contributed by atoms with Gasteiger partial charge in [-0.25, -0.2) is 33.1 Å². The maximum Gasteiger partial charge on any atom is 0.355 e. The highest BCUT2D eigenvalue weighted by atomic mass is 19.1. The fourth-order valence-corrected chi connectivity index (χ4v) is 6.81. The molecule has 1 amide bonds. The van der Waals surface area contributed by atoms with Crippen molar-refractivity contribution in [2.75, 3.05) is 49.1 Å². The molecule has 2 aliphatic heterocycles. The van der Waals surface area contributed by atoms with Crippen LogP contribution in [0.5, 0.6) is 5.75 Å². The molecule has 2 saturated heterocycles. The van der Waals surface area contributed by atoms with Crippen molar-refractivity contribution in [1.82, 2.24) is 34.7 Å². The van der Waals surface area contributed by atoms with Crippen LogP contribution in [-0.2, 0) is 4.79 Å². The zero-order valence-corrected chi connectivity index (χ0v) is 29.2. The van der Waals surface area contributed by atoms with Crippen LogP contribution in [0, 0.1) is 11.6 Å². The first-order valence-electron chi connectivity index (χ1n) is 17.0. The monoisotopic (exact) mass is 687 g/mol. The minimum absolute atomic E-state index is 0.00539. The number of nitrogens with one attached hydrogen (secondary N) is 1. The van der Waals surface area contributed by atoms with E-state index in [0.717, 1.165) is 19.2 Å². The lowest BCUT2D eigenvalue weighted by molar-refractivity contribution is -0.128. The van der Waals surface area contributed by atoms with Gasteiger partial charge in [0.15, 0.2) is 11.5 Å². The Morgan fingerprint density at radius 2 is 1.64 bits per heavy atom. The van der Waals surface area contributed by atoms with Gasteiger partial charge < -0.3 is 25.1 Å². The van der Waals surface area contributed by atoms with Gasteiger partial charge in [0.2, 0.25) is 11.9 Å². The van der Waals surface area contributed by atoms with Crippen molar-refractivity contribution in [1.29, 1.82) is 0 Å². The van der Waals surface area contributed by atoms with Gasteiger partial charge >= 0.3 is 5.69 Å². The lowest BCUT2D eigenvalue weighted by Gasteiger charge is -2.44. The molecule has 14 heteroatoms. The second-order valence-electron chi connectivity index (χ2n) is 13.6. The maximum atomic E-state index is 16.2. The highest BCUT2D eigenvalue weighted by Crippen LogP contribution is 2.38. The Bertz CT molecular complexity index is 1980. The summed E-state index contributed by atoms with van der Waals surface area (Å²) in [4.78, 5) is 52.0. The van der Waals surface area contributed by atoms with E-state index in [-0.39, 0.29) is 46.7 Å². The Kier molecular flexibility index (Phi) is 9.58. The van der Waals surface area contributed by atoms with Crippen molar-refractivity contribution in [2.24, 2.45) is 0 Å². The second kappa shape index (κ2) is 13.7. The Labute approximate surface area is 289 Å². The molecule has 0 saturated carbocycles. The predicted molar refractivity (Wildman–Crippen MR) is 189 cm³/mol. The molecule has 12 nitrogen and oxygen atoms in total. The highest BCUT2D eigenvalue weighted by molar-refractivity contribution is 5.91. The van der Waals surface area contributed by atoms with E-state index >= 15 is 8.78 Å². The summed E-state index contributed by atoms with van der Waals surface area (Å²) in [5, 5.41) is 14.2. The van der Waals surface area contributed by atoms with Crippen molar-refractivity contribution in [2.45, 2.75) is 65.5 Å².